The lowest BCUT2D eigenvalue weighted by Crippen LogP contribution is -2.04. The Kier molecular flexibility index (Phi) is 5.37. The topological polar surface area (TPSA) is 35.2 Å². The highest BCUT2D eigenvalue weighted by atomic mass is 79.9. The molecule has 106 valence electrons. The van der Waals surface area contributed by atoms with Gasteiger partial charge in [-0.05, 0) is 62.5 Å². The molecule has 0 aromatic heterocycles. The van der Waals surface area contributed by atoms with Crippen LogP contribution < -0.4 is 10.5 Å². The van der Waals surface area contributed by atoms with Crippen LogP contribution in [0.4, 0.5) is 0 Å². The first kappa shape index (κ1) is 16.1. The molecule has 0 heterocycles. The van der Waals surface area contributed by atoms with Crippen LogP contribution in [0, 0.1) is 0 Å². The standard InChI is InChI=1S/C14H11Br2Cl2NO/c1-7(19)8-2-3-13(10(16)4-8)20-14-6-11(17)9(15)5-12(14)18/h2-7H,19H2,1H3. The van der Waals surface area contributed by atoms with Crippen molar-refractivity contribution in [3.63, 3.8) is 0 Å². The number of halogens is 4. The Bertz CT molecular complexity index is 647. The van der Waals surface area contributed by atoms with Gasteiger partial charge in [0.1, 0.15) is 11.5 Å². The summed E-state index contributed by atoms with van der Waals surface area (Å²) in [7, 11) is 0. The van der Waals surface area contributed by atoms with E-state index >= 15 is 0 Å². The Labute approximate surface area is 144 Å². The normalized spacial score (nSPS) is 12.3. The van der Waals surface area contributed by atoms with E-state index in [1.54, 1.807) is 12.1 Å². The van der Waals surface area contributed by atoms with Crippen molar-refractivity contribution in [2.75, 3.05) is 0 Å². The molecule has 6 heteroatoms. The fraction of sp³-hybridized carbons (Fsp3) is 0.143. The Balaban J connectivity index is 2.33. The fourth-order valence-corrected chi connectivity index (χ4v) is 2.89. The minimum absolute atomic E-state index is 0.0361. The molecule has 0 saturated carbocycles. The molecule has 0 bridgehead atoms. The summed E-state index contributed by atoms with van der Waals surface area (Å²) >= 11 is 19.0. The van der Waals surface area contributed by atoms with Crippen LogP contribution in [0.25, 0.3) is 0 Å². The summed E-state index contributed by atoms with van der Waals surface area (Å²) in [5, 5.41) is 1.01. The molecular formula is C14H11Br2Cl2NO. The monoisotopic (exact) mass is 437 g/mol. The Morgan fingerprint density at radius 3 is 2.30 bits per heavy atom. The molecule has 2 nitrogen and oxygen atoms in total. The molecule has 0 amide bonds. The van der Waals surface area contributed by atoms with Gasteiger partial charge in [-0.25, -0.2) is 0 Å². The number of rotatable bonds is 3. The van der Waals surface area contributed by atoms with Crippen LogP contribution in [-0.2, 0) is 0 Å². The average molecular weight is 440 g/mol. The van der Waals surface area contributed by atoms with E-state index in [4.69, 9.17) is 33.7 Å². The van der Waals surface area contributed by atoms with E-state index in [-0.39, 0.29) is 6.04 Å². The van der Waals surface area contributed by atoms with Gasteiger partial charge >= 0.3 is 0 Å². The van der Waals surface area contributed by atoms with Crippen LogP contribution in [0.2, 0.25) is 10.0 Å². The first-order valence-electron chi connectivity index (χ1n) is 5.76. The van der Waals surface area contributed by atoms with Crippen molar-refractivity contribution in [1.82, 2.24) is 0 Å². The Morgan fingerprint density at radius 1 is 1.00 bits per heavy atom. The number of ether oxygens (including phenoxy) is 1. The summed E-state index contributed by atoms with van der Waals surface area (Å²) in [5.41, 5.74) is 6.86. The lowest BCUT2D eigenvalue weighted by molar-refractivity contribution is 0.479. The smallest absolute Gasteiger partial charge is 0.147 e. The zero-order chi connectivity index (χ0) is 14.9. The van der Waals surface area contributed by atoms with Gasteiger partial charge in [0, 0.05) is 16.6 Å². The molecular weight excluding hydrogens is 429 g/mol. The quantitative estimate of drug-likeness (QED) is 0.567. The van der Waals surface area contributed by atoms with Crippen LogP contribution in [0.5, 0.6) is 11.5 Å². The average Bonchev–Trinajstić information content (AvgIpc) is 2.37. The highest BCUT2D eigenvalue weighted by molar-refractivity contribution is 9.10. The van der Waals surface area contributed by atoms with E-state index in [1.807, 2.05) is 25.1 Å². The van der Waals surface area contributed by atoms with Gasteiger partial charge in [0.2, 0.25) is 0 Å². The molecule has 20 heavy (non-hydrogen) atoms. The molecule has 0 aliphatic heterocycles. The zero-order valence-corrected chi connectivity index (χ0v) is 15.1. The van der Waals surface area contributed by atoms with E-state index < -0.39 is 0 Å². The third-order valence-corrected chi connectivity index (χ3v) is 4.79. The van der Waals surface area contributed by atoms with Gasteiger partial charge in [-0.3, -0.25) is 0 Å². The van der Waals surface area contributed by atoms with Crippen LogP contribution in [0.3, 0.4) is 0 Å². The maximum absolute atomic E-state index is 6.14. The Hall–Kier alpha value is -0.260. The van der Waals surface area contributed by atoms with Gasteiger partial charge in [-0.15, -0.1) is 0 Å². The van der Waals surface area contributed by atoms with Gasteiger partial charge < -0.3 is 10.5 Å². The summed E-state index contributed by atoms with van der Waals surface area (Å²) < 4.78 is 7.32. The van der Waals surface area contributed by atoms with E-state index in [0.29, 0.717) is 21.5 Å². The molecule has 0 fully saturated rings. The van der Waals surface area contributed by atoms with Crippen LogP contribution in [0.15, 0.2) is 39.3 Å². The lowest BCUT2D eigenvalue weighted by atomic mass is 10.1. The largest absolute Gasteiger partial charge is 0.455 e. The summed E-state index contributed by atoms with van der Waals surface area (Å²) in [6, 6.07) is 9.01. The van der Waals surface area contributed by atoms with Gasteiger partial charge in [0.25, 0.3) is 0 Å². The molecule has 0 radical (unpaired) electrons. The predicted octanol–water partition coefficient (Wildman–Crippen LogP) is 6.33. The summed E-state index contributed by atoms with van der Waals surface area (Å²) in [6.45, 7) is 1.92. The minimum atomic E-state index is -0.0361. The van der Waals surface area contributed by atoms with Gasteiger partial charge in [-0.2, -0.15) is 0 Å². The third kappa shape index (κ3) is 3.68. The number of hydrogen-bond donors (Lipinski definition) is 1. The first-order chi connectivity index (χ1) is 9.38. The summed E-state index contributed by atoms with van der Waals surface area (Å²) in [4.78, 5) is 0. The van der Waals surface area contributed by atoms with Gasteiger partial charge in [-0.1, -0.05) is 29.3 Å². The van der Waals surface area contributed by atoms with E-state index in [9.17, 15) is 0 Å². The van der Waals surface area contributed by atoms with Crippen molar-refractivity contribution in [2.45, 2.75) is 13.0 Å². The second kappa shape index (κ2) is 6.67. The molecule has 0 aliphatic carbocycles. The van der Waals surface area contributed by atoms with Gasteiger partial charge in [0.05, 0.1) is 14.5 Å². The van der Waals surface area contributed by atoms with Crippen molar-refractivity contribution in [3.05, 3.63) is 54.9 Å². The molecule has 0 spiro atoms. The SMILES string of the molecule is CC(N)c1ccc(Oc2cc(Cl)c(Br)cc2Cl)c(Br)c1. The molecule has 2 aromatic carbocycles. The fourth-order valence-electron chi connectivity index (χ4n) is 1.58. The highest BCUT2D eigenvalue weighted by Gasteiger charge is 2.11. The second-order valence-corrected chi connectivity index (χ2v) is 6.80. The molecule has 0 aliphatic rings. The highest BCUT2D eigenvalue weighted by Crippen LogP contribution is 2.38. The Morgan fingerprint density at radius 2 is 1.70 bits per heavy atom. The van der Waals surface area contributed by atoms with Crippen LogP contribution in [-0.4, -0.2) is 0 Å². The van der Waals surface area contributed by atoms with E-state index in [1.165, 1.54) is 0 Å². The van der Waals surface area contributed by atoms with Crippen molar-refractivity contribution >= 4 is 55.1 Å². The maximum atomic E-state index is 6.14. The molecule has 1 unspecified atom stereocenters. The first-order valence-corrected chi connectivity index (χ1v) is 8.10. The molecule has 0 saturated heterocycles. The van der Waals surface area contributed by atoms with Gasteiger partial charge in [0.15, 0.2) is 0 Å². The molecule has 2 N–H and O–H groups in total. The summed E-state index contributed by atoms with van der Waals surface area (Å²) in [6.07, 6.45) is 0. The zero-order valence-electron chi connectivity index (χ0n) is 10.5. The molecule has 1 atom stereocenters. The number of hydrogen-bond acceptors (Lipinski definition) is 2. The molecule has 2 rings (SSSR count). The number of nitrogens with two attached hydrogens (primary N) is 1. The van der Waals surface area contributed by atoms with Crippen molar-refractivity contribution in [1.29, 1.82) is 0 Å². The number of benzene rings is 2. The van der Waals surface area contributed by atoms with Crippen LogP contribution in [0.1, 0.15) is 18.5 Å². The van der Waals surface area contributed by atoms with Crippen molar-refractivity contribution in [2.24, 2.45) is 5.73 Å². The predicted molar refractivity (Wildman–Crippen MR) is 91.0 cm³/mol. The summed E-state index contributed by atoms with van der Waals surface area (Å²) in [5.74, 6) is 1.14. The second-order valence-electron chi connectivity index (χ2n) is 4.28. The molecule has 2 aromatic rings. The minimum Gasteiger partial charge on any atom is -0.455 e. The van der Waals surface area contributed by atoms with E-state index in [0.717, 1.165) is 14.5 Å². The van der Waals surface area contributed by atoms with Crippen LogP contribution >= 0.6 is 55.1 Å². The maximum Gasteiger partial charge on any atom is 0.147 e. The lowest BCUT2D eigenvalue weighted by Gasteiger charge is -2.12. The van der Waals surface area contributed by atoms with Crippen molar-refractivity contribution < 1.29 is 4.74 Å². The van der Waals surface area contributed by atoms with Crippen molar-refractivity contribution in [3.8, 4) is 11.5 Å². The third-order valence-electron chi connectivity index (χ3n) is 2.68. The van der Waals surface area contributed by atoms with E-state index in [2.05, 4.69) is 31.9 Å².